The first-order valence-corrected chi connectivity index (χ1v) is 9.98. The molecular formula is C20H13F6N3O4S. The van der Waals surface area contributed by atoms with Gasteiger partial charge < -0.3 is 10.1 Å². The predicted octanol–water partition coefficient (Wildman–Crippen LogP) is 3.96. The molecule has 0 fully saturated rings. The number of carbonyl (C=O) groups excluding carboxylic acids is 1. The number of hydrogen-bond donors (Lipinski definition) is 1. The van der Waals surface area contributed by atoms with E-state index in [-0.39, 0.29) is 0 Å². The first kappa shape index (κ1) is 19.7. The number of alkyl halides is 6. The summed E-state index contributed by atoms with van der Waals surface area (Å²) in [6.07, 6.45) is -5.20. The van der Waals surface area contributed by atoms with Crippen molar-refractivity contribution in [2.45, 2.75) is 29.0 Å². The second-order valence-electron chi connectivity index (χ2n) is 6.31. The van der Waals surface area contributed by atoms with E-state index in [0.29, 0.717) is 42.5 Å². The molecule has 2 aromatic rings. The van der Waals surface area contributed by atoms with E-state index < -0.39 is 73.7 Å². The third-order valence-electron chi connectivity index (χ3n) is 3.93. The van der Waals surface area contributed by atoms with Gasteiger partial charge in [-0.25, -0.2) is 8.42 Å². The van der Waals surface area contributed by atoms with Crippen molar-refractivity contribution in [1.82, 2.24) is 5.32 Å². The maximum atomic E-state index is 13.4. The highest BCUT2D eigenvalue weighted by Gasteiger charge is 2.46. The molecule has 1 amide bonds. The number of nitrogens with one attached hydrogen (secondary N) is 1. The molecule has 0 radical (unpaired) electrons. The number of carbonyl (C=O) groups is 1. The monoisotopic (exact) mass is 510 g/mol. The molecule has 0 aliphatic heterocycles. The minimum atomic E-state index is -5.83. The molecule has 0 spiro atoms. The molecule has 0 saturated heterocycles. The van der Waals surface area contributed by atoms with Crippen molar-refractivity contribution in [3.8, 4) is 17.9 Å². The van der Waals surface area contributed by atoms with Gasteiger partial charge >= 0.3 is 11.7 Å². The van der Waals surface area contributed by atoms with E-state index in [9.17, 15) is 44.8 Å². The van der Waals surface area contributed by atoms with Gasteiger partial charge in [0.25, 0.3) is 15.7 Å². The number of nitrogens with zero attached hydrogens (tertiary/aromatic N) is 2. The van der Waals surface area contributed by atoms with Gasteiger partial charge in [0, 0.05) is 9.68 Å². The van der Waals surface area contributed by atoms with Crippen LogP contribution in [0.15, 0.2) is 47.4 Å². The third kappa shape index (κ3) is 5.77. The van der Waals surface area contributed by atoms with Crippen molar-refractivity contribution < 1.29 is 51.1 Å². The molecule has 0 heterocycles. The Kier molecular flexibility index (Phi) is 5.34. The molecule has 0 aliphatic rings. The van der Waals surface area contributed by atoms with Gasteiger partial charge in [0.2, 0.25) is 0 Å². The summed E-state index contributed by atoms with van der Waals surface area (Å²) in [6.45, 7) is -7.83. The summed E-state index contributed by atoms with van der Waals surface area (Å²) in [5.74, 6) is -3.04. The van der Waals surface area contributed by atoms with Crippen molar-refractivity contribution in [3.63, 3.8) is 0 Å². The number of ether oxygens (including phenoxy) is 1. The number of hydrogen-bond acceptors (Lipinski definition) is 6. The normalized spacial score (nSPS) is 16.8. The summed E-state index contributed by atoms with van der Waals surface area (Å²) >= 11 is 0. The molecule has 1 N–H and O–H groups in total. The fourth-order valence-corrected chi connectivity index (χ4v) is 3.04. The van der Waals surface area contributed by atoms with Gasteiger partial charge in [0.05, 0.1) is 30.9 Å². The highest BCUT2D eigenvalue weighted by molar-refractivity contribution is 7.92. The SMILES string of the molecule is [2H]C([2H])([2H])C(C#N)(NC(=O)c1ccc(S(=O)(=O)C(F)(F)F)cc1)C([2H])([2H])Oc1cc(C#N)ccc1C(F)(F)F. The number of rotatable bonds is 6. The molecule has 7 nitrogen and oxygen atoms in total. The minimum Gasteiger partial charge on any atom is -0.489 e. The van der Waals surface area contributed by atoms with Crippen LogP contribution in [0.2, 0.25) is 0 Å². The largest absolute Gasteiger partial charge is 0.501 e. The molecule has 2 rings (SSSR count). The molecular weight excluding hydrogens is 492 g/mol. The van der Waals surface area contributed by atoms with Crippen LogP contribution >= 0.6 is 0 Å². The lowest BCUT2D eigenvalue weighted by atomic mass is 10.0. The van der Waals surface area contributed by atoms with Crippen LogP contribution in [-0.4, -0.2) is 31.9 Å². The highest BCUT2D eigenvalue weighted by atomic mass is 32.2. The average Bonchev–Trinajstić information content (AvgIpc) is 2.79. The quantitative estimate of drug-likeness (QED) is 0.588. The van der Waals surface area contributed by atoms with Crippen molar-refractivity contribution in [3.05, 3.63) is 59.2 Å². The predicted molar refractivity (Wildman–Crippen MR) is 103 cm³/mol. The van der Waals surface area contributed by atoms with E-state index in [1.54, 1.807) is 0 Å². The van der Waals surface area contributed by atoms with Gasteiger partial charge in [0.15, 0.2) is 5.54 Å². The Labute approximate surface area is 196 Å². The van der Waals surface area contributed by atoms with Gasteiger partial charge in [-0.05, 0) is 49.3 Å². The second-order valence-corrected chi connectivity index (χ2v) is 8.26. The zero-order valence-electron chi connectivity index (χ0n) is 21.2. The average molecular weight is 510 g/mol. The Balaban J connectivity index is 2.58. The maximum absolute atomic E-state index is 13.4. The van der Waals surface area contributed by atoms with Crippen LogP contribution in [0.4, 0.5) is 26.3 Å². The summed E-state index contributed by atoms with van der Waals surface area (Å²) < 4.78 is 145. The Morgan fingerprint density at radius 2 is 1.74 bits per heavy atom. The zero-order valence-corrected chi connectivity index (χ0v) is 17.1. The maximum Gasteiger partial charge on any atom is 0.501 e. The molecule has 14 heteroatoms. The molecule has 2 aromatic carbocycles. The minimum absolute atomic E-state index is 0.329. The Morgan fingerprint density at radius 3 is 2.21 bits per heavy atom. The van der Waals surface area contributed by atoms with Crippen LogP contribution in [0, 0.1) is 22.7 Å². The molecule has 34 heavy (non-hydrogen) atoms. The number of amides is 1. The molecule has 0 aliphatic carbocycles. The van der Waals surface area contributed by atoms with Crippen LogP contribution in [-0.2, 0) is 16.0 Å². The lowest BCUT2D eigenvalue weighted by molar-refractivity contribution is -0.139. The van der Waals surface area contributed by atoms with E-state index in [1.807, 2.05) is 0 Å². The highest BCUT2D eigenvalue weighted by Crippen LogP contribution is 2.37. The number of nitriles is 2. The first-order valence-electron chi connectivity index (χ1n) is 11.0. The standard InChI is InChI=1S/C20H13F6N3O4S/c1-18(10-28,11-33-16-8-12(9-27)2-7-15(16)19(21,22)23)29-17(30)13-3-5-14(6-4-13)34(31,32)20(24,25)26/h2-8H,11H2,1H3,(H,29,30)/i1D3,11D2. The van der Waals surface area contributed by atoms with Crippen LogP contribution < -0.4 is 10.1 Å². The van der Waals surface area contributed by atoms with Crippen molar-refractivity contribution in [1.29, 1.82) is 10.5 Å². The summed E-state index contributed by atoms with van der Waals surface area (Å²) in [5, 5.41) is 20.1. The number of sulfone groups is 1. The molecule has 0 aromatic heterocycles. The molecule has 1 unspecified atom stereocenters. The molecule has 0 saturated carbocycles. The Hall–Kier alpha value is -3.78. The Bertz CT molecular complexity index is 1460. The van der Waals surface area contributed by atoms with E-state index in [1.165, 1.54) is 11.4 Å². The van der Waals surface area contributed by atoms with Crippen molar-refractivity contribution >= 4 is 15.7 Å². The summed E-state index contributed by atoms with van der Waals surface area (Å²) in [5.41, 5.74) is -12.3. The topological polar surface area (TPSA) is 120 Å². The van der Waals surface area contributed by atoms with Crippen LogP contribution in [0.3, 0.4) is 0 Å². The van der Waals surface area contributed by atoms with Gasteiger partial charge in [-0.15, -0.1) is 0 Å². The van der Waals surface area contributed by atoms with E-state index in [2.05, 4.69) is 4.74 Å². The third-order valence-corrected chi connectivity index (χ3v) is 5.43. The summed E-state index contributed by atoms with van der Waals surface area (Å²) in [4.78, 5) is 11.4. The Morgan fingerprint density at radius 1 is 1.12 bits per heavy atom. The molecule has 180 valence electrons. The smallest absolute Gasteiger partial charge is 0.489 e. The van der Waals surface area contributed by atoms with Gasteiger partial charge in [0.1, 0.15) is 12.3 Å². The molecule has 0 bridgehead atoms. The van der Waals surface area contributed by atoms with E-state index in [0.717, 1.165) is 6.07 Å². The second kappa shape index (κ2) is 9.23. The van der Waals surface area contributed by atoms with Crippen molar-refractivity contribution in [2.75, 3.05) is 6.56 Å². The van der Waals surface area contributed by atoms with Gasteiger partial charge in [-0.3, -0.25) is 4.79 Å². The summed E-state index contributed by atoms with van der Waals surface area (Å²) in [6, 6.07) is 5.54. The van der Waals surface area contributed by atoms with Crippen LogP contribution in [0.25, 0.3) is 0 Å². The van der Waals surface area contributed by atoms with E-state index >= 15 is 0 Å². The number of benzene rings is 2. The lowest BCUT2D eigenvalue weighted by Gasteiger charge is -2.24. The first-order chi connectivity index (χ1) is 17.5. The lowest BCUT2D eigenvalue weighted by Crippen LogP contribution is -2.49. The molecule has 1 atom stereocenters. The van der Waals surface area contributed by atoms with Crippen LogP contribution in [0.1, 0.15) is 35.2 Å². The summed E-state index contributed by atoms with van der Waals surface area (Å²) in [7, 11) is -5.83. The zero-order chi connectivity index (χ0) is 30.2. The van der Waals surface area contributed by atoms with Gasteiger partial charge in [-0.2, -0.15) is 36.9 Å². The van der Waals surface area contributed by atoms with Crippen LogP contribution in [0.5, 0.6) is 5.75 Å². The van der Waals surface area contributed by atoms with Gasteiger partial charge in [-0.1, -0.05) is 0 Å². The fraction of sp³-hybridized carbons (Fsp3) is 0.250. The number of halogens is 6. The van der Waals surface area contributed by atoms with E-state index in [4.69, 9.17) is 12.1 Å². The fourth-order valence-electron chi connectivity index (χ4n) is 2.28. The van der Waals surface area contributed by atoms with Crippen molar-refractivity contribution in [2.24, 2.45) is 0 Å².